The molecular weight excluding hydrogens is 268 g/mol. The highest BCUT2D eigenvalue weighted by Gasteiger charge is 2.22. The summed E-state index contributed by atoms with van der Waals surface area (Å²) in [6.07, 6.45) is 4.45. The third kappa shape index (κ3) is 4.38. The molecule has 0 aliphatic carbocycles. The molecule has 0 radical (unpaired) electrons. The SMILES string of the molecule is CC(=O)N[C@@H](C(=O)NCc1ccccc1)c1cnccn1. The third-order valence-corrected chi connectivity index (χ3v) is 2.80. The minimum absolute atomic E-state index is 0.305. The Balaban J connectivity index is 2.06. The van der Waals surface area contributed by atoms with E-state index in [-0.39, 0.29) is 11.8 Å². The van der Waals surface area contributed by atoms with Crippen molar-refractivity contribution in [1.29, 1.82) is 0 Å². The number of benzene rings is 1. The minimum Gasteiger partial charge on any atom is -0.350 e. The molecule has 0 fully saturated rings. The molecule has 108 valence electrons. The lowest BCUT2D eigenvalue weighted by atomic mass is 10.1. The number of nitrogens with zero attached hydrogens (tertiary/aromatic N) is 2. The second-order valence-electron chi connectivity index (χ2n) is 4.47. The van der Waals surface area contributed by atoms with Gasteiger partial charge in [-0.2, -0.15) is 0 Å². The Labute approximate surface area is 122 Å². The number of rotatable bonds is 5. The zero-order valence-electron chi connectivity index (χ0n) is 11.6. The molecule has 6 heteroatoms. The highest BCUT2D eigenvalue weighted by molar-refractivity contribution is 5.87. The van der Waals surface area contributed by atoms with Crippen molar-refractivity contribution < 1.29 is 9.59 Å². The first kappa shape index (κ1) is 14.6. The van der Waals surface area contributed by atoms with E-state index in [1.54, 1.807) is 0 Å². The van der Waals surface area contributed by atoms with Gasteiger partial charge in [0.1, 0.15) is 0 Å². The van der Waals surface area contributed by atoms with Crippen molar-refractivity contribution in [2.75, 3.05) is 0 Å². The third-order valence-electron chi connectivity index (χ3n) is 2.80. The van der Waals surface area contributed by atoms with E-state index in [0.29, 0.717) is 12.2 Å². The van der Waals surface area contributed by atoms with Gasteiger partial charge in [0.05, 0.1) is 11.9 Å². The number of hydrogen-bond acceptors (Lipinski definition) is 4. The fraction of sp³-hybridized carbons (Fsp3) is 0.200. The second-order valence-corrected chi connectivity index (χ2v) is 4.47. The number of nitrogens with one attached hydrogen (secondary N) is 2. The van der Waals surface area contributed by atoms with Crippen molar-refractivity contribution in [2.45, 2.75) is 19.5 Å². The average Bonchev–Trinajstić information content (AvgIpc) is 2.52. The van der Waals surface area contributed by atoms with E-state index < -0.39 is 6.04 Å². The first-order chi connectivity index (χ1) is 10.2. The summed E-state index contributed by atoms with van der Waals surface area (Å²) < 4.78 is 0. The summed E-state index contributed by atoms with van der Waals surface area (Å²) in [7, 11) is 0. The van der Waals surface area contributed by atoms with Crippen LogP contribution in [0.15, 0.2) is 48.9 Å². The maximum Gasteiger partial charge on any atom is 0.249 e. The summed E-state index contributed by atoms with van der Waals surface area (Å²) >= 11 is 0. The zero-order chi connectivity index (χ0) is 15.1. The van der Waals surface area contributed by atoms with Crippen LogP contribution in [-0.4, -0.2) is 21.8 Å². The van der Waals surface area contributed by atoms with Gasteiger partial charge in [0.2, 0.25) is 11.8 Å². The van der Waals surface area contributed by atoms with Gasteiger partial charge < -0.3 is 10.6 Å². The topological polar surface area (TPSA) is 84.0 Å². The van der Waals surface area contributed by atoms with Crippen LogP contribution < -0.4 is 10.6 Å². The quantitative estimate of drug-likeness (QED) is 0.857. The lowest BCUT2D eigenvalue weighted by Crippen LogP contribution is -2.39. The van der Waals surface area contributed by atoms with Gasteiger partial charge in [0.15, 0.2) is 6.04 Å². The standard InChI is InChI=1S/C15H16N4O2/c1-11(20)19-14(13-10-16-7-8-17-13)15(21)18-9-12-5-3-2-4-6-12/h2-8,10,14H,9H2,1H3,(H,18,21)(H,19,20)/t14-/m1/s1. The lowest BCUT2D eigenvalue weighted by Gasteiger charge is -2.16. The minimum atomic E-state index is -0.847. The van der Waals surface area contributed by atoms with E-state index in [1.165, 1.54) is 25.5 Å². The Morgan fingerprint density at radius 3 is 2.57 bits per heavy atom. The smallest absolute Gasteiger partial charge is 0.249 e. The summed E-state index contributed by atoms with van der Waals surface area (Å²) in [5.41, 5.74) is 1.38. The lowest BCUT2D eigenvalue weighted by molar-refractivity contribution is -0.128. The molecule has 2 aromatic rings. The van der Waals surface area contributed by atoms with Crippen LogP contribution in [0.2, 0.25) is 0 Å². The van der Waals surface area contributed by atoms with Crippen molar-refractivity contribution in [1.82, 2.24) is 20.6 Å². The van der Waals surface area contributed by atoms with Gasteiger partial charge in [0.25, 0.3) is 0 Å². The molecule has 0 unspecified atom stereocenters. The van der Waals surface area contributed by atoms with Gasteiger partial charge in [-0.3, -0.25) is 19.6 Å². The van der Waals surface area contributed by atoms with Crippen LogP contribution >= 0.6 is 0 Å². The summed E-state index contributed by atoms with van der Waals surface area (Å²) in [6, 6.07) is 8.68. The van der Waals surface area contributed by atoms with Gasteiger partial charge in [-0.05, 0) is 5.56 Å². The Morgan fingerprint density at radius 1 is 1.19 bits per heavy atom. The molecule has 1 atom stereocenters. The largest absolute Gasteiger partial charge is 0.350 e. The van der Waals surface area contributed by atoms with Crippen LogP contribution in [-0.2, 0) is 16.1 Å². The highest BCUT2D eigenvalue weighted by atomic mass is 16.2. The van der Waals surface area contributed by atoms with E-state index in [0.717, 1.165) is 5.56 Å². The van der Waals surface area contributed by atoms with Crippen molar-refractivity contribution in [3.63, 3.8) is 0 Å². The molecule has 21 heavy (non-hydrogen) atoms. The summed E-state index contributed by atoms with van der Waals surface area (Å²) in [4.78, 5) is 31.5. The first-order valence-corrected chi connectivity index (χ1v) is 6.51. The number of hydrogen-bond donors (Lipinski definition) is 2. The number of aromatic nitrogens is 2. The Kier molecular flexibility index (Phi) is 4.98. The molecule has 6 nitrogen and oxygen atoms in total. The Bertz CT molecular complexity index is 602. The van der Waals surface area contributed by atoms with Crippen LogP contribution in [0.1, 0.15) is 24.2 Å². The number of carbonyl (C=O) groups excluding carboxylic acids is 2. The molecule has 0 saturated carbocycles. The van der Waals surface area contributed by atoms with Crippen LogP contribution in [0.5, 0.6) is 0 Å². The molecule has 2 N–H and O–H groups in total. The zero-order valence-corrected chi connectivity index (χ0v) is 11.6. The van der Waals surface area contributed by atoms with Crippen LogP contribution in [0.3, 0.4) is 0 Å². The fourth-order valence-corrected chi connectivity index (χ4v) is 1.82. The number of carbonyl (C=O) groups is 2. The van der Waals surface area contributed by atoms with Gasteiger partial charge in [-0.1, -0.05) is 30.3 Å². The molecule has 1 aromatic carbocycles. The normalized spacial score (nSPS) is 11.5. The Hall–Kier alpha value is -2.76. The average molecular weight is 284 g/mol. The van der Waals surface area contributed by atoms with E-state index >= 15 is 0 Å². The van der Waals surface area contributed by atoms with E-state index in [1.807, 2.05) is 30.3 Å². The first-order valence-electron chi connectivity index (χ1n) is 6.51. The molecule has 0 spiro atoms. The molecule has 1 heterocycles. The van der Waals surface area contributed by atoms with Crippen molar-refractivity contribution in [3.05, 3.63) is 60.2 Å². The molecule has 1 aromatic heterocycles. The van der Waals surface area contributed by atoms with Crippen molar-refractivity contribution in [2.24, 2.45) is 0 Å². The summed E-state index contributed by atoms with van der Waals surface area (Å²) in [5, 5.41) is 5.36. The monoisotopic (exact) mass is 284 g/mol. The van der Waals surface area contributed by atoms with Crippen LogP contribution in [0, 0.1) is 0 Å². The van der Waals surface area contributed by atoms with Crippen LogP contribution in [0.4, 0.5) is 0 Å². The van der Waals surface area contributed by atoms with E-state index in [9.17, 15) is 9.59 Å². The van der Waals surface area contributed by atoms with E-state index in [2.05, 4.69) is 20.6 Å². The summed E-state index contributed by atoms with van der Waals surface area (Å²) in [6.45, 7) is 1.74. The maximum absolute atomic E-state index is 12.3. The maximum atomic E-state index is 12.3. The molecule has 0 bridgehead atoms. The number of amides is 2. The molecule has 0 aliphatic heterocycles. The molecule has 2 amide bonds. The molecule has 0 aliphatic rings. The predicted molar refractivity (Wildman–Crippen MR) is 76.9 cm³/mol. The van der Waals surface area contributed by atoms with Crippen molar-refractivity contribution in [3.8, 4) is 0 Å². The van der Waals surface area contributed by atoms with Gasteiger partial charge in [-0.25, -0.2) is 0 Å². The van der Waals surface area contributed by atoms with E-state index in [4.69, 9.17) is 0 Å². The summed E-state index contributed by atoms with van der Waals surface area (Å²) in [5.74, 6) is -0.630. The second kappa shape index (κ2) is 7.14. The van der Waals surface area contributed by atoms with Gasteiger partial charge in [-0.15, -0.1) is 0 Å². The predicted octanol–water partition coefficient (Wildman–Crippen LogP) is 0.970. The Morgan fingerprint density at radius 2 is 1.95 bits per heavy atom. The van der Waals surface area contributed by atoms with Gasteiger partial charge in [0, 0.05) is 25.9 Å². The highest BCUT2D eigenvalue weighted by Crippen LogP contribution is 2.09. The molecular formula is C15H16N4O2. The van der Waals surface area contributed by atoms with Crippen LogP contribution in [0.25, 0.3) is 0 Å². The molecule has 0 saturated heterocycles. The van der Waals surface area contributed by atoms with Gasteiger partial charge >= 0.3 is 0 Å². The molecule has 2 rings (SSSR count). The fourth-order valence-electron chi connectivity index (χ4n) is 1.82. The van der Waals surface area contributed by atoms with Crippen molar-refractivity contribution >= 4 is 11.8 Å².